The van der Waals surface area contributed by atoms with Crippen LogP contribution in [0.4, 0.5) is 0 Å². The zero-order valence-electron chi connectivity index (χ0n) is 11.7. The van der Waals surface area contributed by atoms with Gasteiger partial charge in [-0.25, -0.2) is 0 Å². The molecule has 2 nitrogen and oxygen atoms in total. The van der Waals surface area contributed by atoms with E-state index in [0.717, 1.165) is 6.54 Å². The maximum absolute atomic E-state index is 3.76. The van der Waals surface area contributed by atoms with Gasteiger partial charge in [-0.2, -0.15) is 0 Å². The topological polar surface area (TPSA) is 15.3 Å². The van der Waals surface area contributed by atoms with E-state index in [1.807, 2.05) is 0 Å². The molecule has 0 aromatic rings. The highest BCUT2D eigenvalue weighted by Gasteiger charge is 2.34. The summed E-state index contributed by atoms with van der Waals surface area (Å²) in [7, 11) is 0. The van der Waals surface area contributed by atoms with E-state index in [-0.39, 0.29) is 0 Å². The second kappa shape index (κ2) is 6.61. The van der Waals surface area contributed by atoms with Gasteiger partial charge in [0.1, 0.15) is 0 Å². The molecule has 0 spiro atoms. The molecule has 1 saturated heterocycles. The molecule has 1 fully saturated rings. The molecule has 96 valence electrons. The Morgan fingerprint density at radius 1 is 1.19 bits per heavy atom. The Morgan fingerprint density at radius 2 is 1.88 bits per heavy atom. The Balaban J connectivity index is 2.47. The Morgan fingerprint density at radius 3 is 2.44 bits per heavy atom. The second-order valence-electron chi connectivity index (χ2n) is 5.39. The maximum Gasteiger partial charge on any atom is 0.0304 e. The summed E-state index contributed by atoms with van der Waals surface area (Å²) in [6.45, 7) is 13.0. The summed E-state index contributed by atoms with van der Waals surface area (Å²) in [5.41, 5.74) is 0.388. The van der Waals surface area contributed by atoms with Crippen molar-refractivity contribution in [1.82, 2.24) is 10.2 Å². The lowest BCUT2D eigenvalue weighted by Gasteiger charge is -2.46. The lowest BCUT2D eigenvalue weighted by molar-refractivity contribution is 0.0793. The summed E-state index contributed by atoms with van der Waals surface area (Å²) >= 11 is 0. The average Bonchev–Trinajstić information content (AvgIpc) is 2.32. The predicted octanol–water partition coefficient (Wildman–Crippen LogP) is 3.03. The van der Waals surface area contributed by atoms with E-state index < -0.39 is 0 Å². The first-order valence-electron chi connectivity index (χ1n) is 7.16. The zero-order valence-corrected chi connectivity index (χ0v) is 11.7. The van der Waals surface area contributed by atoms with Gasteiger partial charge in [-0.05, 0) is 32.7 Å². The Bertz CT molecular complexity index is 187. The first-order chi connectivity index (χ1) is 7.67. The predicted molar refractivity (Wildman–Crippen MR) is 71.9 cm³/mol. The monoisotopic (exact) mass is 226 g/mol. The Labute approximate surface area is 102 Å². The van der Waals surface area contributed by atoms with Crippen molar-refractivity contribution >= 4 is 0 Å². The van der Waals surface area contributed by atoms with Crippen LogP contribution in [0.2, 0.25) is 0 Å². The molecule has 0 radical (unpaired) electrons. The van der Waals surface area contributed by atoms with Crippen LogP contribution in [0, 0.1) is 0 Å². The van der Waals surface area contributed by atoms with E-state index in [0.29, 0.717) is 11.6 Å². The van der Waals surface area contributed by atoms with Crippen molar-refractivity contribution in [2.75, 3.05) is 19.6 Å². The van der Waals surface area contributed by atoms with Crippen molar-refractivity contribution in [2.24, 2.45) is 0 Å². The van der Waals surface area contributed by atoms with Crippen molar-refractivity contribution in [3.63, 3.8) is 0 Å². The van der Waals surface area contributed by atoms with Gasteiger partial charge in [0.25, 0.3) is 0 Å². The maximum atomic E-state index is 3.76. The first-order valence-corrected chi connectivity index (χ1v) is 7.16. The molecule has 16 heavy (non-hydrogen) atoms. The summed E-state index contributed by atoms with van der Waals surface area (Å²) in [6, 6.07) is 0.711. The number of piperazine rings is 1. The van der Waals surface area contributed by atoms with E-state index in [1.54, 1.807) is 0 Å². The van der Waals surface area contributed by atoms with Gasteiger partial charge in [0.05, 0.1) is 0 Å². The quantitative estimate of drug-likeness (QED) is 0.700. The molecule has 1 aliphatic heterocycles. The Hall–Kier alpha value is -0.0800. The fourth-order valence-electron chi connectivity index (χ4n) is 2.68. The third-order valence-electron chi connectivity index (χ3n) is 4.30. The van der Waals surface area contributed by atoms with Gasteiger partial charge in [0.2, 0.25) is 0 Å². The summed E-state index contributed by atoms with van der Waals surface area (Å²) in [4.78, 5) is 2.69. The molecule has 1 aliphatic rings. The van der Waals surface area contributed by atoms with Crippen LogP contribution >= 0.6 is 0 Å². The van der Waals surface area contributed by atoms with Crippen molar-refractivity contribution in [3.8, 4) is 0 Å². The third kappa shape index (κ3) is 3.46. The van der Waals surface area contributed by atoms with Gasteiger partial charge < -0.3 is 5.32 Å². The van der Waals surface area contributed by atoms with Gasteiger partial charge in [0, 0.05) is 24.7 Å². The van der Waals surface area contributed by atoms with Gasteiger partial charge in [-0.1, -0.05) is 33.6 Å². The summed E-state index contributed by atoms with van der Waals surface area (Å²) in [6.07, 6.45) is 6.57. The molecule has 1 atom stereocenters. The van der Waals surface area contributed by atoms with Crippen LogP contribution in [0.3, 0.4) is 0 Å². The van der Waals surface area contributed by atoms with E-state index in [2.05, 4.69) is 37.9 Å². The molecule has 1 N–H and O–H groups in total. The van der Waals surface area contributed by atoms with Crippen molar-refractivity contribution in [2.45, 2.75) is 71.4 Å². The minimum atomic E-state index is 0.388. The van der Waals surface area contributed by atoms with E-state index in [1.165, 1.54) is 45.2 Å². The first kappa shape index (κ1) is 14.0. The smallest absolute Gasteiger partial charge is 0.0304 e. The van der Waals surface area contributed by atoms with Gasteiger partial charge >= 0.3 is 0 Å². The molecular weight excluding hydrogens is 196 g/mol. The van der Waals surface area contributed by atoms with Gasteiger partial charge in [0.15, 0.2) is 0 Å². The minimum absolute atomic E-state index is 0.388. The van der Waals surface area contributed by atoms with Crippen molar-refractivity contribution in [1.29, 1.82) is 0 Å². The van der Waals surface area contributed by atoms with E-state index in [9.17, 15) is 0 Å². The number of rotatable bonds is 6. The SMILES string of the molecule is CCCCCN1CC(CC)(CC)NCC1C. The van der Waals surface area contributed by atoms with Crippen LogP contribution in [0.1, 0.15) is 59.8 Å². The minimum Gasteiger partial charge on any atom is -0.308 e. The number of unbranched alkanes of at least 4 members (excludes halogenated alkanes) is 2. The molecule has 0 aromatic carbocycles. The van der Waals surface area contributed by atoms with Crippen LogP contribution in [0.5, 0.6) is 0 Å². The van der Waals surface area contributed by atoms with Crippen LogP contribution < -0.4 is 5.32 Å². The molecule has 1 heterocycles. The average molecular weight is 226 g/mol. The molecule has 0 saturated carbocycles. The molecule has 0 aliphatic carbocycles. The molecule has 0 amide bonds. The molecular formula is C14H30N2. The molecule has 1 unspecified atom stereocenters. The van der Waals surface area contributed by atoms with Gasteiger partial charge in [-0.15, -0.1) is 0 Å². The molecule has 2 heteroatoms. The highest BCUT2D eigenvalue weighted by Crippen LogP contribution is 2.22. The lowest BCUT2D eigenvalue weighted by atomic mass is 9.88. The number of nitrogens with one attached hydrogen (secondary N) is 1. The van der Waals surface area contributed by atoms with Crippen molar-refractivity contribution < 1.29 is 0 Å². The van der Waals surface area contributed by atoms with Gasteiger partial charge in [-0.3, -0.25) is 4.90 Å². The normalized spacial score (nSPS) is 25.9. The zero-order chi connectivity index (χ0) is 12.0. The summed E-state index contributed by atoms with van der Waals surface area (Å²) < 4.78 is 0. The largest absolute Gasteiger partial charge is 0.308 e. The number of nitrogens with zero attached hydrogens (tertiary/aromatic N) is 1. The Kier molecular flexibility index (Phi) is 5.77. The van der Waals surface area contributed by atoms with E-state index in [4.69, 9.17) is 0 Å². The van der Waals surface area contributed by atoms with Crippen LogP contribution in [-0.2, 0) is 0 Å². The number of hydrogen-bond donors (Lipinski definition) is 1. The fourth-order valence-corrected chi connectivity index (χ4v) is 2.68. The van der Waals surface area contributed by atoms with Crippen molar-refractivity contribution in [3.05, 3.63) is 0 Å². The molecule has 0 aromatic heterocycles. The van der Waals surface area contributed by atoms with Crippen LogP contribution in [0.15, 0.2) is 0 Å². The third-order valence-corrected chi connectivity index (χ3v) is 4.30. The van der Waals surface area contributed by atoms with Crippen LogP contribution in [0.25, 0.3) is 0 Å². The molecule has 0 bridgehead atoms. The lowest BCUT2D eigenvalue weighted by Crippen LogP contribution is -2.63. The summed E-state index contributed by atoms with van der Waals surface area (Å²) in [5, 5.41) is 3.76. The second-order valence-corrected chi connectivity index (χ2v) is 5.39. The number of hydrogen-bond acceptors (Lipinski definition) is 2. The highest BCUT2D eigenvalue weighted by atomic mass is 15.2. The standard InChI is InChI=1S/C14H30N2/c1-5-8-9-10-16-12-14(6-2,7-3)15-11-13(16)4/h13,15H,5-12H2,1-4H3. The summed E-state index contributed by atoms with van der Waals surface area (Å²) in [5.74, 6) is 0. The highest BCUT2D eigenvalue weighted by molar-refractivity contribution is 4.95. The molecule has 1 rings (SSSR count). The fraction of sp³-hybridized carbons (Fsp3) is 1.00. The van der Waals surface area contributed by atoms with E-state index >= 15 is 0 Å². The van der Waals surface area contributed by atoms with Crippen LogP contribution in [-0.4, -0.2) is 36.1 Å².